The molecule has 0 aliphatic rings. The Balaban J connectivity index is 3.61. The van der Waals surface area contributed by atoms with Crippen LogP contribution in [-0.4, -0.2) is 5.78 Å². The third-order valence-corrected chi connectivity index (χ3v) is 6.85. The third-order valence-electron chi connectivity index (χ3n) is 6.85. The van der Waals surface area contributed by atoms with E-state index >= 15 is 0 Å². The predicted molar refractivity (Wildman–Crippen MR) is 209 cm³/mol. The minimum absolute atomic E-state index is 0.400. The summed E-state index contributed by atoms with van der Waals surface area (Å²) >= 11 is 0. The molecule has 0 aromatic carbocycles. The second-order valence-corrected chi connectivity index (χ2v) is 11.2. The molecule has 0 radical (unpaired) electrons. The first kappa shape index (κ1) is 42.6. The number of allylic oxidation sites excluding steroid dienone is 24. The molecule has 0 aromatic heterocycles. The van der Waals surface area contributed by atoms with E-state index in [0.717, 1.165) is 103 Å². The van der Waals surface area contributed by atoms with Crippen molar-refractivity contribution in [1.82, 2.24) is 0 Å². The van der Waals surface area contributed by atoms with Crippen LogP contribution < -0.4 is 0 Å². The van der Waals surface area contributed by atoms with Gasteiger partial charge in [-0.25, -0.2) is 0 Å². The van der Waals surface area contributed by atoms with Gasteiger partial charge in [-0.05, 0) is 103 Å². The average Bonchev–Trinajstić information content (AvgIpc) is 3.06. The number of hydrogen-bond donors (Lipinski definition) is 0. The molecule has 0 heterocycles. The van der Waals surface area contributed by atoms with Crippen LogP contribution in [0.15, 0.2) is 146 Å². The minimum atomic E-state index is 0.400. The van der Waals surface area contributed by atoms with Crippen LogP contribution in [0.4, 0.5) is 0 Å². The highest BCUT2D eigenvalue weighted by Crippen LogP contribution is 2.06. The maximum Gasteiger partial charge on any atom is 0.132 e. The molecule has 0 aliphatic carbocycles. The van der Waals surface area contributed by atoms with Gasteiger partial charge < -0.3 is 0 Å². The average molecular weight is 623 g/mol. The molecule has 0 saturated carbocycles. The SMILES string of the molecule is CC/C=C\C/C=C\C/C=C\C/C=C\C/C=C\C/C=C\CCCC(=O)CCC/C=C\C/C=C\C/C=C\C/C=C\C/C=C\C/C=C\CC. The fourth-order valence-corrected chi connectivity index (χ4v) is 4.24. The zero-order valence-electron chi connectivity index (χ0n) is 29.5. The van der Waals surface area contributed by atoms with Gasteiger partial charge in [0.05, 0.1) is 0 Å². The van der Waals surface area contributed by atoms with Gasteiger partial charge in [0.25, 0.3) is 0 Å². The summed E-state index contributed by atoms with van der Waals surface area (Å²) in [5.41, 5.74) is 0. The molecule has 1 heteroatoms. The van der Waals surface area contributed by atoms with Gasteiger partial charge in [-0.15, -0.1) is 0 Å². The van der Waals surface area contributed by atoms with Gasteiger partial charge >= 0.3 is 0 Å². The molecule has 252 valence electrons. The van der Waals surface area contributed by atoms with Crippen molar-refractivity contribution in [1.29, 1.82) is 0 Å². The van der Waals surface area contributed by atoms with Crippen LogP contribution in [0.3, 0.4) is 0 Å². The number of ketones is 1. The molecule has 0 aliphatic heterocycles. The lowest BCUT2D eigenvalue weighted by Gasteiger charge is -1.98. The smallest absolute Gasteiger partial charge is 0.132 e. The van der Waals surface area contributed by atoms with Crippen LogP contribution in [0.25, 0.3) is 0 Å². The molecule has 0 rings (SSSR count). The topological polar surface area (TPSA) is 17.1 Å². The van der Waals surface area contributed by atoms with Gasteiger partial charge in [-0.2, -0.15) is 0 Å². The van der Waals surface area contributed by atoms with Crippen LogP contribution in [0.5, 0.6) is 0 Å². The number of carbonyl (C=O) groups is 1. The summed E-state index contributed by atoms with van der Waals surface area (Å²) in [5, 5.41) is 0. The Morgan fingerprint density at radius 3 is 0.717 bits per heavy atom. The van der Waals surface area contributed by atoms with Crippen LogP contribution in [0.1, 0.15) is 129 Å². The zero-order chi connectivity index (χ0) is 33.3. The van der Waals surface area contributed by atoms with Crippen LogP contribution in [0, 0.1) is 0 Å². The van der Waals surface area contributed by atoms with Crippen molar-refractivity contribution >= 4 is 5.78 Å². The van der Waals surface area contributed by atoms with Gasteiger partial charge in [0.2, 0.25) is 0 Å². The number of rotatable bonds is 30. The summed E-state index contributed by atoms with van der Waals surface area (Å²) in [6, 6.07) is 0. The Labute approximate surface area is 285 Å². The number of carbonyl (C=O) groups excluding carboxylic acids is 1. The van der Waals surface area contributed by atoms with E-state index in [1.807, 2.05) is 0 Å². The molecule has 0 aromatic rings. The quantitative estimate of drug-likeness (QED) is 0.0575. The van der Waals surface area contributed by atoms with Crippen molar-refractivity contribution < 1.29 is 4.79 Å². The summed E-state index contributed by atoms with van der Waals surface area (Å²) in [7, 11) is 0. The van der Waals surface area contributed by atoms with E-state index < -0.39 is 0 Å². The number of unbranched alkanes of at least 4 members (excludes halogenated alkanes) is 2. The molecule has 1 nitrogen and oxygen atoms in total. The van der Waals surface area contributed by atoms with E-state index in [9.17, 15) is 4.79 Å². The minimum Gasteiger partial charge on any atom is -0.300 e. The first-order valence-corrected chi connectivity index (χ1v) is 18.1. The van der Waals surface area contributed by atoms with Gasteiger partial charge in [0, 0.05) is 12.8 Å². The van der Waals surface area contributed by atoms with E-state index in [2.05, 4.69) is 160 Å². The van der Waals surface area contributed by atoms with Crippen molar-refractivity contribution in [2.75, 3.05) is 0 Å². The molecular weight excluding hydrogens is 556 g/mol. The first-order chi connectivity index (χ1) is 22.8. The summed E-state index contributed by atoms with van der Waals surface area (Å²) < 4.78 is 0. The lowest BCUT2D eigenvalue weighted by Crippen LogP contribution is -1.96. The monoisotopic (exact) mass is 623 g/mol. The molecule has 0 unspecified atom stereocenters. The Morgan fingerprint density at radius 1 is 0.304 bits per heavy atom. The highest BCUT2D eigenvalue weighted by atomic mass is 16.1. The van der Waals surface area contributed by atoms with Gasteiger partial charge in [0.1, 0.15) is 5.78 Å². The molecule has 0 bridgehead atoms. The van der Waals surface area contributed by atoms with Gasteiger partial charge in [-0.1, -0.05) is 160 Å². The fraction of sp³-hybridized carbons (Fsp3) is 0.444. The Bertz CT molecular complexity index is 947. The highest BCUT2D eigenvalue weighted by Gasteiger charge is 1.99. The highest BCUT2D eigenvalue weighted by molar-refractivity contribution is 5.78. The second kappa shape index (κ2) is 39.6. The lowest BCUT2D eigenvalue weighted by atomic mass is 10.1. The van der Waals surface area contributed by atoms with Crippen molar-refractivity contribution in [2.45, 2.75) is 129 Å². The Kier molecular flexibility index (Phi) is 36.6. The Hall–Kier alpha value is -3.45. The standard InChI is InChI=1S/C45H66O/c1-3-5-7-9-11-13-15-17-19-21-23-25-27-29-31-33-35-37-39-41-43-45(46)44-42-40-38-36-34-32-30-28-26-24-22-20-18-16-14-12-10-8-6-4-2/h5-8,11-14,17-20,23-26,29-32,35-38H,3-4,9-10,15-16,21-22,27-28,33-34,39-44H2,1-2H3/b7-5-,8-6-,13-11-,14-12-,19-17-,20-18-,25-23-,26-24-,31-29-,32-30-,37-35-,38-36-. The molecule has 0 fully saturated rings. The fourth-order valence-electron chi connectivity index (χ4n) is 4.24. The molecular formula is C45H66O. The van der Waals surface area contributed by atoms with Crippen molar-refractivity contribution in [3.8, 4) is 0 Å². The van der Waals surface area contributed by atoms with Crippen molar-refractivity contribution in [2.24, 2.45) is 0 Å². The molecule has 0 atom stereocenters. The first-order valence-electron chi connectivity index (χ1n) is 18.1. The third kappa shape index (κ3) is 38.6. The van der Waals surface area contributed by atoms with Crippen LogP contribution in [-0.2, 0) is 4.79 Å². The summed E-state index contributed by atoms with van der Waals surface area (Å²) in [5.74, 6) is 0.400. The normalized spacial score (nSPS) is 13.6. The van der Waals surface area contributed by atoms with E-state index in [1.165, 1.54) is 0 Å². The van der Waals surface area contributed by atoms with Gasteiger partial charge in [-0.3, -0.25) is 4.79 Å². The summed E-state index contributed by atoms with van der Waals surface area (Å²) in [6.07, 6.45) is 70.8. The van der Waals surface area contributed by atoms with E-state index in [0.29, 0.717) is 18.6 Å². The molecule has 0 saturated heterocycles. The van der Waals surface area contributed by atoms with Crippen LogP contribution >= 0.6 is 0 Å². The molecule has 46 heavy (non-hydrogen) atoms. The Morgan fingerprint density at radius 2 is 0.500 bits per heavy atom. The van der Waals surface area contributed by atoms with E-state index in [-0.39, 0.29) is 0 Å². The zero-order valence-corrected chi connectivity index (χ0v) is 29.5. The van der Waals surface area contributed by atoms with E-state index in [1.54, 1.807) is 0 Å². The molecule has 0 amide bonds. The predicted octanol–water partition coefficient (Wildman–Crippen LogP) is 14.3. The molecule has 0 spiro atoms. The lowest BCUT2D eigenvalue weighted by molar-refractivity contribution is -0.119. The van der Waals surface area contributed by atoms with Crippen molar-refractivity contribution in [3.05, 3.63) is 146 Å². The summed E-state index contributed by atoms with van der Waals surface area (Å²) in [4.78, 5) is 12.1. The van der Waals surface area contributed by atoms with Gasteiger partial charge in [0.15, 0.2) is 0 Å². The second-order valence-electron chi connectivity index (χ2n) is 11.2. The van der Waals surface area contributed by atoms with Crippen LogP contribution in [0.2, 0.25) is 0 Å². The molecule has 0 N–H and O–H groups in total. The van der Waals surface area contributed by atoms with Crippen molar-refractivity contribution in [3.63, 3.8) is 0 Å². The maximum atomic E-state index is 12.1. The number of hydrogen-bond acceptors (Lipinski definition) is 1. The maximum absolute atomic E-state index is 12.1. The largest absolute Gasteiger partial charge is 0.300 e. The van der Waals surface area contributed by atoms with E-state index in [4.69, 9.17) is 0 Å². The summed E-state index contributed by atoms with van der Waals surface area (Å²) in [6.45, 7) is 4.32. The number of Topliss-reactive ketones (excluding diaryl/α,β-unsaturated/α-hetero) is 1.